The predicted octanol–water partition coefficient (Wildman–Crippen LogP) is 5.88. The highest BCUT2D eigenvalue weighted by Gasteiger charge is 2.32. The number of ketones is 1. The second kappa shape index (κ2) is 10.2. The van der Waals surface area contributed by atoms with Crippen LogP contribution in [0.3, 0.4) is 0 Å². The number of aryl methyl sites for hydroxylation is 1. The Hall–Kier alpha value is -3.53. The first-order chi connectivity index (χ1) is 16.0. The Morgan fingerprint density at radius 3 is 2.09 bits per heavy atom. The Morgan fingerprint density at radius 1 is 1.03 bits per heavy atom. The van der Waals surface area contributed by atoms with Crippen molar-refractivity contribution in [2.24, 2.45) is 0 Å². The molecule has 1 heterocycles. The first-order valence-corrected chi connectivity index (χ1v) is 11.1. The first-order valence-electron chi connectivity index (χ1n) is 10.3. The number of nitrogens with zero attached hydrogens (tertiary/aromatic N) is 2. The number of carbonyl (C=O) groups excluding carboxylic acids is 2. The van der Waals surface area contributed by atoms with E-state index in [2.05, 4.69) is 15.5 Å². The van der Waals surface area contributed by atoms with E-state index in [1.54, 1.807) is 31.2 Å². The number of hydrogen-bond acceptors (Lipinski definition) is 7. The lowest BCUT2D eigenvalue weighted by atomic mass is 9.91. The molecular formula is C24H22F3N3O3S. The average molecular weight is 490 g/mol. The van der Waals surface area contributed by atoms with E-state index in [-0.39, 0.29) is 34.0 Å². The summed E-state index contributed by atoms with van der Waals surface area (Å²) in [5, 5.41) is 22.7. The van der Waals surface area contributed by atoms with Crippen LogP contribution in [-0.2, 0) is 15.8 Å². The Balaban J connectivity index is 2.16. The van der Waals surface area contributed by atoms with E-state index in [1.165, 1.54) is 12.1 Å². The predicted molar refractivity (Wildman–Crippen MR) is 124 cm³/mol. The number of hydrogen-bond donors (Lipinski definition) is 2. The maximum Gasteiger partial charge on any atom is 0.416 e. The lowest BCUT2D eigenvalue weighted by Crippen LogP contribution is -2.22. The maximum absolute atomic E-state index is 13.1. The van der Waals surface area contributed by atoms with Crippen molar-refractivity contribution in [2.75, 3.05) is 5.32 Å². The third-order valence-corrected chi connectivity index (χ3v) is 5.90. The number of aromatic nitrogens is 2. The van der Waals surface area contributed by atoms with Gasteiger partial charge in [0.1, 0.15) is 10.8 Å². The molecule has 34 heavy (non-hydrogen) atoms. The van der Waals surface area contributed by atoms with Gasteiger partial charge in [-0.1, -0.05) is 61.6 Å². The van der Waals surface area contributed by atoms with E-state index in [9.17, 15) is 27.9 Å². The Kier molecular flexibility index (Phi) is 7.51. The smallest absolute Gasteiger partial charge is 0.416 e. The van der Waals surface area contributed by atoms with Crippen LogP contribution in [0.5, 0.6) is 0 Å². The second-order valence-corrected chi connectivity index (χ2v) is 9.03. The van der Waals surface area contributed by atoms with E-state index in [0.29, 0.717) is 5.01 Å². The Morgan fingerprint density at radius 2 is 1.62 bits per heavy atom. The van der Waals surface area contributed by atoms with Crippen molar-refractivity contribution in [2.45, 2.75) is 38.9 Å². The van der Waals surface area contributed by atoms with Gasteiger partial charge in [0.25, 0.3) is 0 Å². The molecule has 0 radical (unpaired) electrons. The summed E-state index contributed by atoms with van der Waals surface area (Å²) in [6, 6.07) is 9.73. The zero-order valence-corrected chi connectivity index (χ0v) is 19.4. The van der Waals surface area contributed by atoms with Crippen LogP contribution >= 0.6 is 11.3 Å². The van der Waals surface area contributed by atoms with Gasteiger partial charge >= 0.3 is 6.18 Å². The van der Waals surface area contributed by atoms with Crippen molar-refractivity contribution in [1.29, 1.82) is 0 Å². The lowest BCUT2D eigenvalue weighted by Gasteiger charge is -2.22. The van der Waals surface area contributed by atoms with Crippen molar-refractivity contribution in [3.63, 3.8) is 0 Å². The molecule has 6 nitrogen and oxygen atoms in total. The zero-order chi connectivity index (χ0) is 25.0. The van der Waals surface area contributed by atoms with Crippen LogP contribution in [0, 0.1) is 6.92 Å². The maximum atomic E-state index is 13.1. The largest absolute Gasteiger partial charge is 0.507 e. The number of anilines is 1. The highest BCUT2D eigenvalue weighted by Crippen LogP contribution is 2.35. The van der Waals surface area contributed by atoms with E-state index in [1.807, 2.05) is 13.8 Å². The monoisotopic (exact) mass is 489 g/mol. The molecule has 0 saturated heterocycles. The van der Waals surface area contributed by atoms with Crippen LogP contribution < -0.4 is 5.32 Å². The van der Waals surface area contributed by atoms with Crippen LogP contribution in [-0.4, -0.2) is 27.4 Å². The quantitative estimate of drug-likeness (QED) is 0.178. The second-order valence-electron chi connectivity index (χ2n) is 7.84. The summed E-state index contributed by atoms with van der Waals surface area (Å²) in [4.78, 5) is 24.2. The van der Waals surface area contributed by atoms with Crippen LogP contribution in [0.15, 0.2) is 54.1 Å². The van der Waals surface area contributed by atoms with Gasteiger partial charge in [0, 0.05) is 5.56 Å². The molecule has 178 valence electrons. The van der Waals surface area contributed by atoms with Gasteiger partial charge in [0.05, 0.1) is 17.2 Å². The van der Waals surface area contributed by atoms with Gasteiger partial charge in [-0.25, -0.2) is 0 Å². The van der Waals surface area contributed by atoms with Crippen LogP contribution in [0.1, 0.15) is 53.1 Å². The number of rotatable bonds is 8. The number of aldehydes is 1. The van der Waals surface area contributed by atoms with Crippen molar-refractivity contribution in [1.82, 2.24) is 10.2 Å². The summed E-state index contributed by atoms with van der Waals surface area (Å²) < 4.78 is 39.2. The molecule has 0 fully saturated rings. The molecule has 3 rings (SSSR count). The molecule has 1 unspecified atom stereocenters. The van der Waals surface area contributed by atoms with Crippen molar-refractivity contribution >= 4 is 34.3 Å². The fourth-order valence-corrected chi connectivity index (χ4v) is 3.93. The number of benzene rings is 2. The average Bonchev–Trinajstić information content (AvgIpc) is 3.22. The van der Waals surface area contributed by atoms with Gasteiger partial charge in [-0.05, 0) is 36.1 Å². The van der Waals surface area contributed by atoms with Crippen molar-refractivity contribution < 1.29 is 27.9 Å². The highest BCUT2D eigenvalue weighted by atomic mass is 32.1. The zero-order valence-electron chi connectivity index (χ0n) is 18.6. The summed E-state index contributed by atoms with van der Waals surface area (Å²) in [5.74, 6) is -1.26. The molecule has 0 aliphatic rings. The van der Waals surface area contributed by atoms with Gasteiger partial charge in [-0.15, -0.1) is 10.2 Å². The summed E-state index contributed by atoms with van der Waals surface area (Å²) in [5.41, 5.74) is 0.308. The van der Waals surface area contributed by atoms with E-state index in [0.717, 1.165) is 29.0 Å². The molecule has 0 amide bonds. The third-order valence-electron chi connectivity index (χ3n) is 5.13. The molecule has 0 spiro atoms. The fraction of sp³-hybridized carbons (Fsp3) is 0.250. The highest BCUT2D eigenvalue weighted by molar-refractivity contribution is 7.15. The number of aliphatic hydroxyl groups is 1. The minimum atomic E-state index is -4.55. The van der Waals surface area contributed by atoms with Gasteiger partial charge < -0.3 is 10.4 Å². The van der Waals surface area contributed by atoms with E-state index in [4.69, 9.17) is 0 Å². The standard InChI is InChI=1S/C24H22F3N3O3S/c1-13(2)15-4-6-17(7-5-15)22(33)20(19(32)12-31)21(28-23-30-29-14(3)34-23)16-8-10-18(11-9-16)24(25,26)27/h4-13,21,33H,1-3H3,(H,28,30). The summed E-state index contributed by atoms with van der Waals surface area (Å²) in [7, 11) is 0. The summed E-state index contributed by atoms with van der Waals surface area (Å²) in [6.45, 7) is 5.71. The molecule has 0 bridgehead atoms. The van der Waals surface area contributed by atoms with E-state index < -0.39 is 29.3 Å². The number of nitrogens with one attached hydrogen (secondary N) is 1. The normalized spacial score (nSPS) is 13.4. The molecule has 2 aromatic carbocycles. The van der Waals surface area contributed by atoms with Gasteiger partial charge in [0.2, 0.25) is 10.9 Å². The molecular weight excluding hydrogens is 467 g/mol. The van der Waals surface area contributed by atoms with Crippen LogP contribution in [0.25, 0.3) is 5.76 Å². The molecule has 0 aliphatic carbocycles. The minimum Gasteiger partial charge on any atom is -0.507 e. The van der Waals surface area contributed by atoms with Crippen LogP contribution in [0.2, 0.25) is 0 Å². The third kappa shape index (κ3) is 5.69. The molecule has 2 N–H and O–H groups in total. The molecule has 3 aromatic rings. The number of aliphatic hydroxyl groups excluding tert-OH is 1. The number of alkyl halides is 3. The molecule has 0 saturated carbocycles. The first kappa shape index (κ1) is 25.1. The molecule has 0 aliphatic heterocycles. The number of halogens is 3. The van der Waals surface area contributed by atoms with Crippen molar-refractivity contribution in [3.8, 4) is 0 Å². The Bertz CT molecular complexity index is 1200. The van der Waals surface area contributed by atoms with E-state index >= 15 is 0 Å². The SMILES string of the molecule is Cc1nnc(NC(C(C(=O)C=O)=C(O)c2ccc(C(C)C)cc2)c2ccc(C(F)(F)F)cc2)s1. The Labute approximate surface area is 198 Å². The molecule has 10 heteroatoms. The minimum absolute atomic E-state index is 0.0537. The van der Waals surface area contributed by atoms with Gasteiger partial charge in [0.15, 0.2) is 6.29 Å². The topological polar surface area (TPSA) is 92.2 Å². The lowest BCUT2D eigenvalue weighted by molar-refractivity contribution is -0.137. The van der Waals surface area contributed by atoms with Gasteiger partial charge in [-0.2, -0.15) is 13.2 Å². The van der Waals surface area contributed by atoms with Crippen molar-refractivity contribution in [3.05, 3.63) is 81.4 Å². The molecule has 1 atom stereocenters. The fourth-order valence-electron chi connectivity index (χ4n) is 3.31. The van der Waals surface area contributed by atoms with Crippen LogP contribution in [0.4, 0.5) is 18.3 Å². The summed E-state index contributed by atoms with van der Waals surface area (Å²) >= 11 is 1.15. The summed E-state index contributed by atoms with van der Waals surface area (Å²) in [6.07, 6.45) is -4.49. The number of Topliss-reactive ketones (excluding diaryl/α,β-unsaturated/α-hetero) is 1. The molecule has 1 aromatic heterocycles. The van der Waals surface area contributed by atoms with Gasteiger partial charge in [-0.3, -0.25) is 9.59 Å². The number of carbonyl (C=O) groups is 2.